The second-order valence-corrected chi connectivity index (χ2v) is 13.5. The number of nitriles is 1. The van der Waals surface area contributed by atoms with Crippen LogP contribution in [0.25, 0.3) is 11.4 Å². The maximum Gasteiger partial charge on any atom is 0.254 e. The summed E-state index contributed by atoms with van der Waals surface area (Å²) in [4.78, 5) is 32.5. The van der Waals surface area contributed by atoms with Gasteiger partial charge in [0.15, 0.2) is 12.0 Å². The highest BCUT2D eigenvalue weighted by Gasteiger charge is 2.51. The smallest absolute Gasteiger partial charge is 0.254 e. The van der Waals surface area contributed by atoms with Crippen LogP contribution < -0.4 is 10.1 Å². The Labute approximate surface area is 268 Å². The largest absolute Gasteiger partial charge is 0.486 e. The maximum atomic E-state index is 15.0. The lowest BCUT2D eigenvalue weighted by molar-refractivity contribution is -0.146. The Bertz CT molecular complexity index is 1440. The summed E-state index contributed by atoms with van der Waals surface area (Å²) >= 11 is 0. The normalized spacial score (nSPS) is 28.8. The number of halogens is 1. The lowest BCUT2D eigenvalue weighted by Gasteiger charge is -2.44. The van der Waals surface area contributed by atoms with Crippen molar-refractivity contribution < 1.29 is 23.8 Å². The first-order valence-electron chi connectivity index (χ1n) is 16.8. The molecule has 4 heterocycles. The molecule has 2 aliphatic carbocycles. The van der Waals surface area contributed by atoms with Crippen LogP contribution in [0, 0.1) is 11.3 Å². The predicted octanol–water partition coefficient (Wildman–Crippen LogP) is 2.38. The molecule has 5 fully saturated rings. The molecule has 1 aromatic heterocycles. The molecule has 46 heavy (non-hydrogen) atoms. The highest BCUT2D eigenvalue weighted by Crippen LogP contribution is 2.38. The Kier molecular flexibility index (Phi) is 9.05. The Morgan fingerprint density at radius 1 is 1.04 bits per heavy atom. The zero-order valence-corrected chi connectivity index (χ0v) is 26.2. The van der Waals surface area contributed by atoms with E-state index in [1.165, 1.54) is 17.6 Å². The van der Waals surface area contributed by atoms with Crippen LogP contribution in [-0.2, 0) is 9.53 Å². The molecule has 13 heteroatoms. The minimum atomic E-state index is -1.43. The average Bonchev–Trinajstić information content (AvgIpc) is 3.84. The molecule has 3 aliphatic heterocycles. The molecule has 246 valence electrons. The number of ether oxygens (including phenoxy) is 2. The minimum absolute atomic E-state index is 0.137. The van der Waals surface area contributed by atoms with E-state index in [1.807, 2.05) is 0 Å². The van der Waals surface area contributed by atoms with Gasteiger partial charge in [-0.15, -0.1) is 0 Å². The third kappa shape index (κ3) is 6.81. The van der Waals surface area contributed by atoms with Gasteiger partial charge in [-0.2, -0.15) is 10.2 Å². The van der Waals surface area contributed by atoms with Crippen molar-refractivity contribution in [1.29, 1.82) is 5.26 Å². The summed E-state index contributed by atoms with van der Waals surface area (Å²) in [6.45, 7) is 6.44. The number of carbonyl (C=O) groups is 1. The number of piperidine rings is 1. The first-order valence-corrected chi connectivity index (χ1v) is 16.8. The van der Waals surface area contributed by atoms with Gasteiger partial charge in [-0.05, 0) is 63.1 Å². The number of benzene rings is 1. The van der Waals surface area contributed by atoms with E-state index in [4.69, 9.17) is 9.47 Å². The lowest BCUT2D eigenvalue weighted by Crippen LogP contribution is -2.58. The number of anilines is 1. The Morgan fingerprint density at radius 2 is 1.83 bits per heavy atom. The van der Waals surface area contributed by atoms with Crippen molar-refractivity contribution in [2.45, 2.75) is 87.4 Å². The minimum Gasteiger partial charge on any atom is -0.486 e. The zero-order valence-electron chi connectivity index (χ0n) is 26.2. The van der Waals surface area contributed by atoms with E-state index < -0.39 is 23.8 Å². The summed E-state index contributed by atoms with van der Waals surface area (Å²) in [5.41, 5.74) is -0.429. The van der Waals surface area contributed by atoms with Gasteiger partial charge in [-0.3, -0.25) is 14.6 Å². The van der Waals surface area contributed by atoms with Crippen molar-refractivity contribution in [2.75, 3.05) is 57.8 Å². The van der Waals surface area contributed by atoms with Gasteiger partial charge < -0.3 is 24.8 Å². The van der Waals surface area contributed by atoms with Crippen molar-refractivity contribution in [2.24, 2.45) is 0 Å². The van der Waals surface area contributed by atoms with Crippen molar-refractivity contribution >= 4 is 11.9 Å². The van der Waals surface area contributed by atoms with Crippen LogP contribution >= 0.6 is 0 Å². The number of rotatable bonds is 8. The van der Waals surface area contributed by atoms with E-state index in [0.717, 1.165) is 65.1 Å². The fraction of sp³-hybridized carbons (Fsp3) is 0.667. The molecular weight excluding hydrogens is 591 g/mol. The number of likely N-dealkylation sites (tertiary alicyclic amines) is 1. The van der Waals surface area contributed by atoms with Gasteiger partial charge in [0.2, 0.25) is 5.95 Å². The fourth-order valence-electron chi connectivity index (χ4n) is 7.23. The molecule has 4 atom stereocenters. The predicted molar refractivity (Wildman–Crippen MR) is 167 cm³/mol. The van der Waals surface area contributed by atoms with E-state index in [9.17, 15) is 15.2 Å². The lowest BCUT2D eigenvalue weighted by atomic mass is 10.0. The number of nitrogens with zero attached hydrogens (tertiary/aromatic N) is 7. The van der Waals surface area contributed by atoms with Crippen LogP contribution in [-0.4, -0.2) is 129 Å². The molecule has 1 amide bonds. The molecular formula is C33H43FN8O4. The summed E-state index contributed by atoms with van der Waals surface area (Å²) in [6, 6.07) is 8.72. The monoisotopic (exact) mass is 634 g/mol. The SMILES string of the molecule is N#Cc1cc(-c2ncnc(NC3CCCC(N4CCN(C5COC5)CC4)CC3)n2)ccc1O[C@H]1CCN(C(=O)C2(O)CC2)C[C@H]1F. The van der Waals surface area contributed by atoms with Gasteiger partial charge in [-0.25, -0.2) is 14.4 Å². The standard InChI is InChI=1S/C33H43FN8O4/c34-27-18-42(31(43)33(44)9-10-33)11-8-29(27)46-28-7-4-22(16-23(28)17-35)30-36-21-37-32(39-30)38-24-2-1-3-25(6-5-24)40-12-14-41(15-13-40)26-19-45-20-26/h4,7,16,21,24-27,29,44H,1-3,5-6,8-15,18-20H2,(H,36,37,38,39)/t24?,25?,27-,29+/m1/s1. The van der Waals surface area contributed by atoms with Gasteiger partial charge >= 0.3 is 0 Å². The summed E-state index contributed by atoms with van der Waals surface area (Å²) < 4.78 is 26.4. The summed E-state index contributed by atoms with van der Waals surface area (Å²) in [5, 5.41) is 23.5. The van der Waals surface area contributed by atoms with Crippen molar-refractivity contribution in [3.63, 3.8) is 0 Å². The average molecular weight is 635 g/mol. The number of aliphatic hydroxyl groups is 1. The molecule has 0 spiro atoms. The first kappa shape index (κ1) is 31.2. The Balaban J connectivity index is 0.934. The van der Waals surface area contributed by atoms with Gasteiger partial charge in [-0.1, -0.05) is 0 Å². The molecule has 0 bridgehead atoms. The number of piperazine rings is 1. The van der Waals surface area contributed by atoms with E-state index in [2.05, 4.69) is 36.1 Å². The van der Waals surface area contributed by atoms with Crippen molar-refractivity contribution in [1.82, 2.24) is 29.7 Å². The van der Waals surface area contributed by atoms with Crippen LogP contribution in [0.2, 0.25) is 0 Å². The van der Waals surface area contributed by atoms with Crippen molar-refractivity contribution in [3.8, 4) is 23.2 Å². The van der Waals surface area contributed by atoms with Crippen LogP contribution in [0.3, 0.4) is 0 Å². The number of alkyl halides is 1. The van der Waals surface area contributed by atoms with Crippen LogP contribution in [0.5, 0.6) is 5.75 Å². The molecule has 1 aromatic carbocycles. The van der Waals surface area contributed by atoms with Crippen molar-refractivity contribution in [3.05, 3.63) is 30.1 Å². The molecule has 2 aromatic rings. The summed E-state index contributed by atoms with van der Waals surface area (Å²) in [7, 11) is 0. The Morgan fingerprint density at radius 3 is 2.52 bits per heavy atom. The van der Waals surface area contributed by atoms with Crippen LogP contribution in [0.15, 0.2) is 24.5 Å². The third-order valence-electron chi connectivity index (χ3n) is 10.4. The number of hydrogen-bond donors (Lipinski definition) is 2. The van der Waals surface area contributed by atoms with E-state index >= 15 is 4.39 Å². The maximum absolute atomic E-state index is 15.0. The highest BCUT2D eigenvalue weighted by atomic mass is 19.1. The molecule has 3 saturated heterocycles. The molecule has 2 saturated carbocycles. The van der Waals surface area contributed by atoms with E-state index in [1.54, 1.807) is 18.2 Å². The van der Waals surface area contributed by atoms with E-state index in [-0.39, 0.29) is 30.3 Å². The molecule has 2 N–H and O–H groups in total. The molecule has 12 nitrogen and oxygen atoms in total. The van der Waals surface area contributed by atoms with Gasteiger partial charge in [0.25, 0.3) is 5.91 Å². The second kappa shape index (κ2) is 13.4. The second-order valence-electron chi connectivity index (χ2n) is 13.5. The first-order chi connectivity index (χ1) is 22.4. The third-order valence-corrected chi connectivity index (χ3v) is 10.4. The summed E-state index contributed by atoms with van der Waals surface area (Å²) in [6.07, 6.45) is 5.99. The van der Waals surface area contributed by atoms with Gasteiger partial charge in [0.1, 0.15) is 29.9 Å². The van der Waals surface area contributed by atoms with Crippen LogP contribution in [0.1, 0.15) is 56.9 Å². The molecule has 5 aliphatic rings. The number of nitrogens with one attached hydrogen (secondary N) is 1. The topological polar surface area (TPSA) is 140 Å². The number of amides is 1. The van der Waals surface area contributed by atoms with E-state index in [0.29, 0.717) is 48.8 Å². The molecule has 0 radical (unpaired) electrons. The van der Waals surface area contributed by atoms with Gasteiger partial charge in [0.05, 0.1) is 31.4 Å². The molecule has 2 unspecified atom stereocenters. The fourth-order valence-corrected chi connectivity index (χ4v) is 7.23. The quantitative estimate of drug-likeness (QED) is 0.414. The van der Waals surface area contributed by atoms with Gasteiger partial charge in [0, 0.05) is 56.8 Å². The van der Waals surface area contributed by atoms with Crippen LogP contribution in [0.4, 0.5) is 10.3 Å². The molecule has 7 rings (SSSR count). The number of hydrogen-bond acceptors (Lipinski definition) is 11. The number of aromatic nitrogens is 3. The highest BCUT2D eigenvalue weighted by molar-refractivity contribution is 5.88. The Hall–Kier alpha value is -3.44. The zero-order chi connectivity index (χ0) is 31.7. The summed E-state index contributed by atoms with van der Waals surface area (Å²) in [5.74, 6) is 0.823. The number of carbonyl (C=O) groups excluding carboxylic acids is 1.